The molecule has 0 bridgehead atoms. The zero-order valence-electron chi connectivity index (χ0n) is 22.0. The fourth-order valence-electron chi connectivity index (χ4n) is 4.76. The number of nitrogens with zero attached hydrogens (tertiary/aromatic N) is 3. The van der Waals surface area contributed by atoms with E-state index in [4.69, 9.17) is 4.74 Å². The van der Waals surface area contributed by atoms with E-state index < -0.39 is 5.97 Å². The Morgan fingerprint density at radius 1 is 1.14 bits per heavy atom. The van der Waals surface area contributed by atoms with Crippen molar-refractivity contribution in [1.29, 1.82) is 0 Å². The second-order valence-electron chi connectivity index (χ2n) is 10.0. The molecule has 1 N–H and O–H groups in total. The van der Waals surface area contributed by atoms with Gasteiger partial charge in [0.2, 0.25) is 5.91 Å². The van der Waals surface area contributed by atoms with Gasteiger partial charge < -0.3 is 15.0 Å². The van der Waals surface area contributed by atoms with Crippen LogP contribution in [0.1, 0.15) is 66.5 Å². The molecular formula is C28H34N4O4S. The molecule has 0 saturated heterocycles. The highest BCUT2D eigenvalue weighted by Gasteiger charge is 2.33. The first-order valence-electron chi connectivity index (χ1n) is 12.6. The molecule has 0 atom stereocenters. The summed E-state index contributed by atoms with van der Waals surface area (Å²) in [7, 11) is 3.11. The first-order chi connectivity index (χ1) is 17.7. The van der Waals surface area contributed by atoms with Gasteiger partial charge in [0.25, 0.3) is 5.91 Å². The predicted molar refractivity (Wildman–Crippen MR) is 146 cm³/mol. The molecule has 4 rings (SSSR count). The molecule has 0 aliphatic heterocycles. The van der Waals surface area contributed by atoms with E-state index in [0.717, 1.165) is 36.1 Å². The van der Waals surface area contributed by atoms with Crippen molar-refractivity contribution in [3.05, 3.63) is 53.2 Å². The van der Waals surface area contributed by atoms with E-state index in [2.05, 4.69) is 17.3 Å². The van der Waals surface area contributed by atoms with Crippen LogP contribution in [0, 0.1) is 11.8 Å². The summed E-state index contributed by atoms with van der Waals surface area (Å²) in [5.41, 5.74) is 2.60. The van der Waals surface area contributed by atoms with Gasteiger partial charge in [0.1, 0.15) is 4.88 Å². The molecule has 1 aromatic carbocycles. The van der Waals surface area contributed by atoms with Gasteiger partial charge in [-0.1, -0.05) is 19.1 Å². The third kappa shape index (κ3) is 5.93. The number of hydrogen-bond acceptors (Lipinski definition) is 6. The number of carbonyl (C=O) groups excluding carboxylic acids is 3. The second kappa shape index (κ2) is 11.3. The number of thiophene rings is 1. The lowest BCUT2D eigenvalue weighted by Gasteiger charge is -2.33. The van der Waals surface area contributed by atoms with E-state index in [-0.39, 0.29) is 23.8 Å². The maximum absolute atomic E-state index is 13.7. The minimum atomic E-state index is -0.456. The smallest absolute Gasteiger partial charge is 0.350 e. The van der Waals surface area contributed by atoms with E-state index in [1.807, 2.05) is 44.2 Å². The van der Waals surface area contributed by atoms with Crippen molar-refractivity contribution in [1.82, 2.24) is 9.78 Å². The molecular weight excluding hydrogens is 488 g/mol. The number of esters is 1. The number of amides is 2. The highest BCUT2D eigenvalue weighted by molar-refractivity contribution is 7.18. The minimum absolute atomic E-state index is 0.0323. The number of benzene rings is 1. The first kappa shape index (κ1) is 26.6. The van der Waals surface area contributed by atoms with Gasteiger partial charge >= 0.3 is 5.97 Å². The number of nitrogens with one attached hydrogen (secondary N) is 1. The summed E-state index contributed by atoms with van der Waals surface area (Å²) < 4.78 is 6.66. The average Bonchev–Trinajstić information content (AvgIpc) is 3.51. The number of carbonyl (C=O) groups is 3. The molecule has 2 amide bonds. The number of aryl methyl sites for hydroxylation is 1. The van der Waals surface area contributed by atoms with E-state index in [1.165, 1.54) is 24.6 Å². The first-order valence-corrected chi connectivity index (χ1v) is 13.4. The molecule has 1 fully saturated rings. The lowest BCUT2D eigenvalue weighted by molar-refractivity contribution is -0.123. The lowest BCUT2D eigenvalue weighted by atomic mass is 9.82. The second-order valence-corrected chi connectivity index (χ2v) is 11.1. The Balaban J connectivity index is 1.60. The van der Waals surface area contributed by atoms with Gasteiger partial charge in [-0.25, -0.2) is 4.79 Å². The van der Waals surface area contributed by atoms with Crippen LogP contribution < -0.4 is 10.2 Å². The van der Waals surface area contributed by atoms with E-state index >= 15 is 0 Å². The van der Waals surface area contributed by atoms with Crippen LogP contribution in [0.25, 0.3) is 10.4 Å². The monoisotopic (exact) mass is 522 g/mol. The summed E-state index contributed by atoms with van der Waals surface area (Å²) in [6, 6.07) is 9.20. The number of ether oxygens (including phenoxy) is 1. The van der Waals surface area contributed by atoms with Crippen molar-refractivity contribution in [2.45, 2.75) is 52.5 Å². The summed E-state index contributed by atoms with van der Waals surface area (Å²) in [5.74, 6) is -0.00943. The number of methoxy groups -OCH3 is 1. The number of rotatable bonds is 7. The quantitative estimate of drug-likeness (QED) is 0.399. The van der Waals surface area contributed by atoms with Crippen LogP contribution in [0.4, 0.5) is 11.4 Å². The molecule has 1 aliphatic carbocycles. The summed E-state index contributed by atoms with van der Waals surface area (Å²) in [5, 5.41) is 6.89. The van der Waals surface area contributed by atoms with Gasteiger partial charge in [-0.05, 0) is 69.2 Å². The third-order valence-corrected chi connectivity index (χ3v) is 8.01. The topological polar surface area (TPSA) is 93.5 Å². The zero-order valence-corrected chi connectivity index (χ0v) is 22.8. The Hall–Kier alpha value is -3.46. The molecule has 8 nitrogen and oxygen atoms in total. The largest absolute Gasteiger partial charge is 0.465 e. The van der Waals surface area contributed by atoms with Crippen LogP contribution >= 0.6 is 11.3 Å². The Labute approximate surface area is 221 Å². The maximum atomic E-state index is 13.7. The molecule has 2 heterocycles. The van der Waals surface area contributed by atoms with E-state index in [0.29, 0.717) is 27.7 Å². The van der Waals surface area contributed by atoms with Gasteiger partial charge in [-0.2, -0.15) is 5.10 Å². The summed E-state index contributed by atoms with van der Waals surface area (Å²) in [4.78, 5) is 41.9. The van der Waals surface area contributed by atoms with Crippen molar-refractivity contribution >= 4 is 40.5 Å². The van der Waals surface area contributed by atoms with Gasteiger partial charge in [0.15, 0.2) is 0 Å². The summed E-state index contributed by atoms with van der Waals surface area (Å²) in [6.45, 7) is 6.18. The highest BCUT2D eigenvalue weighted by atomic mass is 32.1. The van der Waals surface area contributed by atoms with Crippen molar-refractivity contribution < 1.29 is 19.1 Å². The third-order valence-electron chi connectivity index (χ3n) is 6.86. The van der Waals surface area contributed by atoms with Crippen LogP contribution in [-0.2, 0) is 16.6 Å². The molecule has 3 aromatic rings. The molecule has 0 radical (unpaired) electrons. The van der Waals surface area contributed by atoms with Crippen molar-refractivity contribution in [2.75, 3.05) is 17.3 Å². The molecule has 2 aromatic heterocycles. The fraction of sp³-hybridized carbons (Fsp3) is 0.429. The van der Waals surface area contributed by atoms with Gasteiger partial charge in [-0.15, -0.1) is 11.3 Å². The summed E-state index contributed by atoms with van der Waals surface area (Å²) >= 11 is 1.31. The van der Waals surface area contributed by atoms with Crippen LogP contribution in [0.5, 0.6) is 0 Å². The normalized spacial score (nSPS) is 17.5. The maximum Gasteiger partial charge on any atom is 0.350 e. The predicted octanol–water partition coefficient (Wildman–Crippen LogP) is 5.76. The van der Waals surface area contributed by atoms with Gasteiger partial charge in [0, 0.05) is 35.8 Å². The van der Waals surface area contributed by atoms with Crippen LogP contribution in [-0.4, -0.2) is 40.7 Å². The Kier molecular flexibility index (Phi) is 8.12. The Bertz CT molecular complexity index is 1270. The zero-order chi connectivity index (χ0) is 26.7. The molecule has 196 valence electrons. The molecule has 0 spiro atoms. The van der Waals surface area contributed by atoms with Gasteiger partial charge in [0.05, 0.1) is 24.6 Å². The van der Waals surface area contributed by atoms with Crippen molar-refractivity contribution in [2.24, 2.45) is 18.9 Å². The average molecular weight is 523 g/mol. The number of aromatic nitrogens is 2. The molecule has 37 heavy (non-hydrogen) atoms. The van der Waals surface area contributed by atoms with Crippen molar-refractivity contribution in [3.63, 3.8) is 0 Å². The Morgan fingerprint density at radius 3 is 2.38 bits per heavy atom. The standard InChI is InChI=1S/C28H34N4O4S/c1-17(2)32(27(34)20-8-6-18(3)7-9-20)23-14-24(37-25(23)28(35)36-5)19-10-12-22(13-11-19)30-26(33)21-15-29-31(4)16-21/h10-18,20H,6-9H2,1-5H3,(H,30,33)/t18-,20-. The van der Waals surface area contributed by atoms with Crippen molar-refractivity contribution in [3.8, 4) is 10.4 Å². The number of hydrogen-bond donors (Lipinski definition) is 1. The number of anilines is 2. The van der Waals surface area contributed by atoms with E-state index in [9.17, 15) is 14.4 Å². The SMILES string of the molecule is COC(=O)c1sc(-c2ccc(NC(=O)c3cnn(C)c3)cc2)cc1N(C(=O)[C@H]1CC[C@H](C)CC1)C(C)C. The molecule has 0 unspecified atom stereocenters. The lowest BCUT2D eigenvalue weighted by Crippen LogP contribution is -2.42. The Morgan fingerprint density at radius 2 is 1.81 bits per heavy atom. The fourth-order valence-corrected chi connectivity index (χ4v) is 5.83. The highest BCUT2D eigenvalue weighted by Crippen LogP contribution is 2.40. The van der Waals surface area contributed by atoms with Crippen LogP contribution in [0.2, 0.25) is 0 Å². The van der Waals surface area contributed by atoms with Crippen LogP contribution in [0.3, 0.4) is 0 Å². The molecule has 1 aliphatic rings. The summed E-state index contributed by atoms with van der Waals surface area (Å²) in [6.07, 6.45) is 7.01. The molecule has 9 heteroatoms. The molecule has 1 saturated carbocycles. The van der Waals surface area contributed by atoms with Crippen LogP contribution in [0.15, 0.2) is 42.7 Å². The van der Waals surface area contributed by atoms with Gasteiger partial charge in [-0.3, -0.25) is 14.3 Å². The van der Waals surface area contributed by atoms with E-state index in [1.54, 1.807) is 22.8 Å². The minimum Gasteiger partial charge on any atom is -0.465 e.